The zero-order valence-corrected chi connectivity index (χ0v) is 16.1. The van der Waals surface area contributed by atoms with Crippen LogP contribution >= 0.6 is 23.1 Å². The van der Waals surface area contributed by atoms with Gasteiger partial charge in [0, 0.05) is 11.4 Å². The van der Waals surface area contributed by atoms with Crippen molar-refractivity contribution in [1.29, 1.82) is 0 Å². The van der Waals surface area contributed by atoms with Crippen molar-refractivity contribution in [2.24, 2.45) is 4.40 Å². The lowest BCUT2D eigenvalue weighted by Gasteiger charge is -2.02. The Morgan fingerprint density at radius 1 is 1.17 bits per heavy atom. The molecule has 0 aliphatic rings. The van der Waals surface area contributed by atoms with E-state index < -0.39 is 10.0 Å². The van der Waals surface area contributed by atoms with Gasteiger partial charge in [-0.15, -0.1) is 16.2 Å². The van der Waals surface area contributed by atoms with E-state index in [1.54, 1.807) is 36.0 Å². The van der Waals surface area contributed by atoms with E-state index in [0.717, 1.165) is 20.7 Å². The predicted octanol–water partition coefficient (Wildman–Crippen LogP) is 4.04. The third kappa shape index (κ3) is 3.29. The number of thioether (sulfide) groups is 1. The molecular weight excluding hydrogens is 360 g/mol. The van der Waals surface area contributed by atoms with Gasteiger partial charge < -0.3 is 4.57 Å². The fourth-order valence-corrected chi connectivity index (χ4v) is 5.27. The molecule has 0 N–H and O–H groups in total. The van der Waals surface area contributed by atoms with Crippen LogP contribution in [-0.2, 0) is 16.6 Å². The highest BCUT2D eigenvalue weighted by molar-refractivity contribution is 7.98. The average molecular weight is 379 g/mol. The fourth-order valence-electron chi connectivity index (χ4n) is 2.42. The van der Waals surface area contributed by atoms with Crippen LogP contribution in [0.3, 0.4) is 0 Å². The maximum absolute atomic E-state index is 12.6. The number of benzene rings is 2. The maximum Gasteiger partial charge on any atom is 0.285 e. The van der Waals surface area contributed by atoms with Crippen LogP contribution in [0.5, 0.6) is 0 Å². The molecule has 1 aromatic heterocycles. The van der Waals surface area contributed by atoms with Gasteiger partial charge in [0.05, 0.1) is 15.1 Å². The van der Waals surface area contributed by atoms with Crippen LogP contribution in [0.1, 0.15) is 12.5 Å². The number of thiazole rings is 1. The first kappa shape index (κ1) is 17.3. The lowest BCUT2D eigenvalue weighted by atomic mass is 10.2. The van der Waals surface area contributed by atoms with Gasteiger partial charge in [0.15, 0.2) is 0 Å². The molecule has 0 unspecified atom stereocenters. The van der Waals surface area contributed by atoms with Gasteiger partial charge in [-0.3, -0.25) is 0 Å². The summed E-state index contributed by atoms with van der Waals surface area (Å²) in [4.78, 5) is 1.88. The summed E-state index contributed by atoms with van der Waals surface area (Å²) < 4.78 is 32.3. The molecule has 3 aromatic rings. The molecule has 1 heterocycles. The van der Waals surface area contributed by atoms with Crippen LogP contribution < -0.4 is 4.80 Å². The van der Waals surface area contributed by atoms with Crippen molar-refractivity contribution >= 4 is 43.3 Å². The Morgan fingerprint density at radius 3 is 2.50 bits per heavy atom. The van der Waals surface area contributed by atoms with Crippen LogP contribution in [0.4, 0.5) is 0 Å². The molecular formula is C17H18N2O2S3. The van der Waals surface area contributed by atoms with Crippen molar-refractivity contribution in [3.63, 3.8) is 0 Å². The van der Waals surface area contributed by atoms with Gasteiger partial charge in [-0.1, -0.05) is 29.0 Å². The zero-order valence-electron chi connectivity index (χ0n) is 13.7. The molecule has 0 spiro atoms. The molecule has 3 rings (SSSR count). The second-order valence-electron chi connectivity index (χ2n) is 5.34. The topological polar surface area (TPSA) is 51.4 Å². The molecule has 4 nitrogen and oxygen atoms in total. The molecule has 0 amide bonds. The molecule has 0 aliphatic carbocycles. The van der Waals surface area contributed by atoms with Gasteiger partial charge in [0.1, 0.15) is 0 Å². The third-order valence-electron chi connectivity index (χ3n) is 3.72. The lowest BCUT2D eigenvalue weighted by Crippen LogP contribution is -2.16. The zero-order chi connectivity index (χ0) is 17.3. The van der Waals surface area contributed by atoms with Crippen LogP contribution in [0, 0.1) is 6.92 Å². The molecule has 24 heavy (non-hydrogen) atoms. The minimum atomic E-state index is -3.72. The van der Waals surface area contributed by atoms with E-state index >= 15 is 0 Å². The Bertz CT molecular complexity index is 1050. The van der Waals surface area contributed by atoms with E-state index in [0.29, 0.717) is 11.3 Å². The number of aromatic nitrogens is 1. The summed E-state index contributed by atoms with van der Waals surface area (Å²) in [5, 5.41) is 0. The first-order valence-electron chi connectivity index (χ1n) is 7.49. The molecule has 2 aromatic carbocycles. The van der Waals surface area contributed by atoms with E-state index in [9.17, 15) is 8.42 Å². The Hall–Kier alpha value is -1.57. The lowest BCUT2D eigenvalue weighted by molar-refractivity contribution is 0.595. The number of fused-ring (bicyclic) bond motifs is 1. The van der Waals surface area contributed by atoms with Crippen molar-refractivity contribution in [3.8, 4) is 0 Å². The Balaban J connectivity index is 2.20. The quantitative estimate of drug-likeness (QED) is 0.644. The number of hydrogen-bond acceptors (Lipinski definition) is 4. The Labute approximate surface area is 149 Å². The van der Waals surface area contributed by atoms with E-state index in [1.165, 1.54) is 11.3 Å². The maximum atomic E-state index is 12.6. The average Bonchev–Trinajstić information content (AvgIpc) is 2.90. The van der Waals surface area contributed by atoms with E-state index in [1.807, 2.05) is 36.8 Å². The van der Waals surface area contributed by atoms with Gasteiger partial charge >= 0.3 is 0 Å². The van der Waals surface area contributed by atoms with Crippen molar-refractivity contribution in [2.45, 2.75) is 30.2 Å². The summed E-state index contributed by atoms with van der Waals surface area (Å²) in [7, 11) is -3.72. The number of aryl methyl sites for hydroxylation is 2. The minimum absolute atomic E-state index is 0.220. The fraction of sp³-hybridized carbons (Fsp3) is 0.235. The normalized spacial score (nSPS) is 12.9. The van der Waals surface area contributed by atoms with Gasteiger partial charge in [0.2, 0.25) is 4.80 Å². The van der Waals surface area contributed by atoms with E-state index in [2.05, 4.69) is 10.5 Å². The number of hydrogen-bond donors (Lipinski definition) is 0. The second kappa shape index (κ2) is 6.74. The van der Waals surface area contributed by atoms with Crippen LogP contribution in [0.15, 0.2) is 56.7 Å². The summed E-state index contributed by atoms with van der Waals surface area (Å²) >= 11 is 3.07. The van der Waals surface area contributed by atoms with Gasteiger partial charge in [0.25, 0.3) is 10.0 Å². The van der Waals surface area contributed by atoms with Crippen molar-refractivity contribution in [3.05, 3.63) is 52.8 Å². The highest BCUT2D eigenvalue weighted by Gasteiger charge is 2.14. The molecule has 126 valence electrons. The monoisotopic (exact) mass is 378 g/mol. The Kier molecular flexibility index (Phi) is 4.85. The van der Waals surface area contributed by atoms with Crippen LogP contribution in [0.2, 0.25) is 0 Å². The number of nitrogens with zero attached hydrogens (tertiary/aromatic N) is 2. The summed E-state index contributed by atoms with van der Waals surface area (Å²) in [5.41, 5.74) is 2.03. The van der Waals surface area contributed by atoms with Gasteiger partial charge in [-0.2, -0.15) is 8.42 Å². The van der Waals surface area contributed by atoms with Crippen molar-refractivity contribution in [2.75, 3.05) is 6.26 Å². The second-order valence-corrected chi connectivity index (χ2v) is 8.83. The first-order chi connectivity index (χ1) is 11.4. The molecule has 0 radical (unpaired) electrons. The summed E-state index contributed by atoms with van der Waals surface area (Å²) in [5.74, 6) is 0. The van der Waals surface area contributed by atoms with E-state index in [4.69, 9.17) is 0 Å². The Morgan fingerprint density at radius 2 is 1.88 bits per heavy atom. The molecule has 0 atom stereocenters. The van der Waals surface area contributed by atoms with E-state index in [-0.39, 0.29) is 4.90 Å². The minimum Gasteiger partial charge on any atom is -0.316 e. The smallest absolute Gasteiger partial charge is 0.285 e. The third-order valence-corrected chi connectivity index (χ3v) is 6.89. The summed E-state index contributed by atoms with van der Waals surface area (Å²) in [6.07, 6.45) is 2.02. The molecule has 0 aliphatic heterocycles. The molecule has 0 fully saturated rings. The molecule has 7 heteroatoms. The summed E-state index contributed by atoms with van der Waals surface area (Å²) in [6.45, 7) is 4.58. The van der Waals surface area contributed by atoms with Gasteiger partial charge in [-0.25, -0.2) is 0 Å². The van der Waals surface area contributed by atoms with Crippen LogP contribution in [0.25, 0.3) is 10.2 Å². The van der Waals surface area contributed by atoms with Crippen LogP contribution in [-0.4, -0.2) is 19.2 Å². The standard InChI is InChI=1S/C17H18N2O2S3/c1-4-19-15-10-7-13(22-3)11-16(15)23-17(19)18-24(20,21)14-8-5-12(2)6-9-14/h5-11H,4H2,1-3H3. The van der Waals surface area contributed by atoms with Crippen molar-refractivity contribution in [1.82, 2.24) is 4.57 Å². The van der Waals surface area contributed by atoms with Crippen molar-refractivity contribution < 1.29 is 8.42 Å². The number of rotatable bonds is 4. The summed E-state index contributed by atoms with van der Waals surface area (Å²) in [6, 6.07) is 12.9. The number of sulfonamides is 1. The van der Waals surface area contributed by atoms with Gasteiger partial charge in [-0.05, 0) is 50.4 Å². The largest absolute Gasteiger partial charge is 0.316 e. The predicted molar refractivity (Wildman–Crippen MR) is 101 cm³/mol. The highest BCUT2D eigenvalue weighted by atomic mass is 32.2. The molecule has 0 bridgehead atoms. The first-order valence-corrected chi connectivity index (χ1v) is 11.0. The molecule has 0 saturated carbocycles. The molecule has 0 saturated heterocycles. The highest BCUT2D eigenvalue weighted by Crippen LogP contribution is 2.24. The SMILES string of the molecule is CCn1c(=NS(=O)(=O)c2ccc(C)cc2)sc2cc(SC)ccc21.